The molecule has 0 saturated heterocycles. The van der Waals surface area contributed by atoms with E-state index in [1.807, 2.05) is 0 Å². The molecule has 0 bridgehead atoms. The van der Waals surface area contributed by atoms with Crippen molar-refractivity contribution in [2.24, 2.45) is 0 Å². The normalized spacial score (nSPS) is 12.2. The van der Waals surface area contributed by atoms with Gasteiger partial charge in [0, 0.05) is 17.8 Å². The Hall–Kier alpha value is -4.37. The third-order valence-electron chi connectivity index (χ3n) is 4.63. The van der Waals surface area contributed by atoms with E-state index >= 15 is 0 Å². The number of halogens is 1. The number of hydrogen-bond donors (Lipinski definition) is 2. The van der Waals surface area contributed by atoms with E-state index in [-0.39, 0.29) is 34.5 Å². The number of non-ortho nitro benzene ring substituents is 1. The van der Waals surface area contributed by atoms with Crippen molar-refractivity contribution in [1.82, 2.24) is 5.32 Å². The van der Waals surface area contributed by atoms with Crippen LogP contribution in [0.25, 0.3) is 6.08 Å². The average Bonchev–Trinajstić information content (AvgIpc) is 3.27. The van der Waals surface area contributed by atoms with Crippen molar-refractivity contribution < 1.29 is 24.0 Å². The molecule has 2 amide bonds. The summed E-state index contributed by atoms with van der Waals surface area (Å²) in [6.45, 7) is 0.0892. The first-order valence-corrected chi connectivity index (χ1v) is 10.0. The molecule has 166 valence electrons. The number of nitro groups is 1. The highest BCUT2D eigenvalue weighted by atomic mass is 35.5. The number of carbonyl (C=O) groups excluding carboxylic acids is 2. The van der Waals surface area contributed by atoms with Gasteiger partial charge in [0.1, 0.15) is 5.70 Å². The van der Waals surface area contributed by atoms with E-state index in [2.05, 4.69) is 10.6 Å². The van der Waals surface area contributed by atoms with Crippen LogP contribution < -0.4 is 20.1 Å². The molecule has 0 aliphatic carbocycles. The van der Waals surface area contributed by atoms with Crippen LogP contribution in [0.15, 0.2) is 72.4 Å². The van der Waals surface area contributed by atoms with Crippen LogP contribution in [-0.2, 0) is 4.79 Å². The summed E-state index contributed by atoms with van der Waals surface area (Å²) in [5, 5.41) is 16.4. The molecule has 1 aliphatic heterocycles. The Balaban J connectivity index is 1.65. The summed E-state index contributed by atoms with van der Waals surface area (Å²) in [7, 11) is 0. The molecule has 3 aromatic carbocycles. The Morgan fingerprint density at radius 3 is 2.58 bits per heavy atom. The fourth-order valence-electron chi connectivity index (χ4n) is 3.06. The molecule has 3 aromatic rings. The second kappa shape index (κ2) is 9.41. The van der Waals surface area contributed by atoms with E-state index in [9.17, 15) is 19.7 Å². The third-order valence-corrected chi connectivity index (χ3v) is 4.96. The molecule has 0 unspecified atom stereocenters. The zero-order chi connectivity index (χ0) is 23.4. The van der Waals surface area contributed by atoms with Gasteiger partial charge in [0.25, 0.3) is 17.5 Å². The first-order chi connectivity index (χ1) is 15.9. The van der Waals surface area contributed by atoms with Crippen molar-refractivity contribution >= 4 is 40.9 Å². The fourth-order valence-corrected chi connectivity index (χ4v) is 3.28. The molecule has 10 heteroatoms. The largest absolute Gasteiger partial charge is 0.454 e. The maximum atomic E-state index is 13.0. The molecule has 4 rings (SSSR count). The molecular weight excluding hydrogens is 450 g/mol. The van der Waals surface area contributed by atoms with E-state index in [1.54, 1.807) is 36.4 Å². The van der Waals surface area contributed by atoms with E-state index in [0.29, 0.717) is 17.1 Å². The van der Waals surface area contributed by atoms with Crippen molar-refractivity contribution in [2.45, 2.75) is 0 Å². The SMILES string of the molecule is O=C(Nc1cccc([N+](=O)[O-])c1)/C(=C\c1ccc2c(c1)OCO2)NC(=O)c1ccccc1Cl. The Morgan fingerprint density at radius 2 is 1.79 bits per heavy atom. The Labute approximate surface area is 192 Å². The van der Waals surface area contributed by atoms with E-state index in [4.69, 9.17) is 21.1 Å². The van der Waals surface area contributed by atoms with Gasteiger partial charge < -0.3 is 20.1 Å². The van der Waals surface area contributed by atoms with Crippen LogP contribution in [0.1, 0.15) is 15.9 Å². The summed E-state index contributed by atoms with van der Waals surface area (Å²) in [4.78, 5) is 36.3. The number of ether oxygens (including phenoxy) is 2. The van der Waals surface area contributed by atoms with Crippen LogP contribution in [0.4, 0.5) is 11.4 Å². The number of fused-ring (bicyclic) bond motifs is 1. The maximum Gasteiger partial charge on any atom is 0.272 e. The number of amides is 2. The smallest absolute Gasteiger partial charge is 0.272 e. The molecule has 0 radical (unpaired) electrons. The lowest BCUT2D eigenvalue weighted by atomic mass is 10.1. The molecule has 0 saturated carbocycles. The first-order valence-electron chi connectivity index (χ1n) is 9.64. The minimum atomic E-state index is -0.687. The molecular formula is C23H16ClN3O6. The molecule has 9 nitrogen and oxygen atoms in total. The van der Waals surface area contributed by atoms with E-state index < -0.39 is 16.7 Å². The summed E-state index contributed by atoms with van der Waals surface area (Å²) in [6, 6.07) is 16.9. The molecule has 0 spiro atoms. The van der Waals surface area contributed by atoms with Gasteiger partial charge in [0.2, 0.25) is 6.79 Å². The van der Waals surface area contributed by atoms with Gasteiger partial charge in [-0.05, 0) is 42.0 Å². The third kappa shape index (κ3) is 5.10. The van der Waals surface area contributed by atoms with E-state index in [0.717, 1.165) is 0 Å². The van der Waals surface area contributed by atoms with Crippen LogP contribution in [0, 0.1) is 10.1 Å². The van der Waals surface area contributed by atoms with Crippen LogP contribution in [0.2, 0.25) is 5.02 Å². The lowest BCUT2D eigenvalue weighted by molar-refractivity contribution is -0.384. The standard InChI is InChI=1S/C23H16ClN3O6/c24-18-7-2-1-6-17(18)22(28)26-19(10-14-8-9-20-21(11-14)33-13-32-20)23(29)25-15-4-3-5-16(12-15)27(30)31/h1-12H,13H2,(H,25,29)(H,26,28)/b19-10+. The quantitative estimate of drug-likeness (QED) is 0.316. The zero-order valence-corrected chi connectivity index (χ0v) is 17.7. The predicted octanol–water partition coefficient (Wildman–Crippen LogP) is 4.39. The average molecular weight is 466 g/mol. The molecule has 0 fully saturated rings. The van der Waals surface area contributed by atoms with Gasteiger partial charge in [-0.3, -0.25) is 19.7 Å². The van der Waals surface area contributed by atoms with Crippen LogP contribution in [0.5, 0.6) is 11.5 Å². The van der Waals surface area contributed by atoms with Gasteiger partial charge in [0.05, 0.1) is 15.5 Å². The lowest BCUT2D eigenvalue weighted by Gasteiger charge is -2.12. The number of carbonyl (C=O) groups is 2. The number of rotatable bonds is 6. The van der Waals surface area contributed by atoms with Crippen LogP contribution in [0.3, 0.4) is 0 Å². The van der Waals surface area contributed by atoms with Crippen molar-refractivity contribution in [3.63, 3.8) is 0 Å². The van der Waals surface area contributed by atoms with Gasteiger partial charge in [-0.15, -0.1) is 0 Å². The molecule has 0 aromatic heterocycles. The highest BCUT2D eigenvalue weighted by Gasteiger charge is 2.19. The molecule has 2 N–H and O–H groups in total. The van der Waals surface area contributed by atoms with Crippen molar-refractivity contribution in [3.05, 3.63) is 98.7 Å². The van der Waals surface area contributed by atoms with Crippen molar-refractivity contribution in [1.29, 1.82) is 0 Å². The number of hydrogen-bond acceptors (Lipinski definition) is 6. The van der Waals surface area contributed by atoms with Crippen molar-refractivity contribution in [3.8, 4) is 11.5 Å². The Morgan fingerprint density at radius 1 is 1.00 bits per heavy atom. The monoisotopic (exact) mass is 465 g/mol. The zero-order valence-electron chi connectivity index (χ0n) is 16.9. The van der Waals surface area contributed by atoms with Crippen molar-refractivity contribution in [2.75, 3.05) is 12.1 Å². The summed E-state index contributed by atoms with van der Waals surface area (Å²) in [5.74, 6) is -0.218. The minimum Gasteiger partial charge on any atom is -0.454 e. The van der Waals surface area contributed by atoms with E-state index in [1.165, 1.54) is 36.4 Å². The summed E-state index contributed by atoms with van der Waals surface area (Å²) < 4.78 is 10.6. The first kappa shape index (κ1) is 21.8. The number of nitro benzene ring substituents is 1. The van der Waals surface area contributed by atoms with Crippen LogP contribution in [-0.4, -0.2) is 23.5 Å². The van der Waals surface area contributed by atoms with Gasteiger partial charge in [-0.2, -0.15) is 0 Å². The molecule has 1 heterocycles. The molecule has 0 atom stereocenters. The summed E-state index contributed by atoms with van der Waals surface area (Å²) in [6.07, 6.45) is 1.45. The minimum absolute atomic E-state index is 0.0892. The summed E-state index contributed by atoms with van der Waals surface area (Å²) >= 11 is 6.11. The van der Waals surface area contributed by atoms with Crippen LogP contribution >= 0.6 is 11.6 Å². The predicted molar refractivity (Wildman–Crippen MR) is 121 cm³/mol. The number of anilines is 1. The highest BCUT2D eigenvalue weighted by molar-refractivity contribution is 6.34. The Kier molecular flexibility index (Phi) is 6.23. The molecule has 33 heavy (non-hydrogen) atoms. The number of benzene rings is 3. The second-order valence-corrected chi connectivity index (χ2v) is 7.27. The second-order valence-electron chi connectivity index (χ2n) is 6.87. The maximum absolute atomic E-state index is 13.0. The topological polar surface area (TPSA) is 120 Å². The summed E-state index contributed by atoms with van der Waals surface area (Å²) in [5.41, 5.74) is 0.638. The van der Waals surface area contributed by atoms with Gasteiger partial charge in [-0.25, -0.2) is 0 Å². The van der Waals surface area contributed by atoms with Gasteiger partial charge in [-0.1, -0.05) is 35.9 Å². The van der Waals surface area contributed by atoms with Gasteiger partial charge in [0.15, 0.2) is 11.5 Å². The van der Waals surface area contributed by atoms with Gasteiger partial charge >= 0.3 is 0 Å². The fraction of sp³-hybridized carbons (Fsp3) is 0.0435. The Bertz CT molecular complexity index is 1290. The number of nitrogens with one attached hydrogen (secondary N) is 2. The lowest BCUT2D eigenvalue weighted by Crippen LogP contribution is -2.31. The highest BCUT2D eigenvalue weighted by Crippen LogP contribution is 2.33. The molecule has 1 aliphatic rings. The number of nitrogens with zero attached hydrogens (tertiary/aromatic N) is 1.